The monoisotopic (exact) mass is 429 g/mol. The van der Waals surface area contributed by atoms with E-state index < -0.39 is 10.0 Å². The van der Waals surface area contributed by atoms with Crippen molar-refractivity contribution >= 4 is 15.7 Å². The number of hydrogen-bond acceptors (Lipinski definition) is 5. The van der Waals surface area contributed by atoms with Crippen molar-refractivity contribution in [1.82, 2.24) is 9.88 Å². The van der Waals surface area contributed by atoms with E-state index in [0.717, 1.165) is 37.2 Å². The third-order valence-electron chi connectivity index (χ3n) is 6.35. The molecule has 2 aromatic rings. The van der Waals surface area contributed by atoms with E-state index in [1.54, 1.807) is 12.1 Å². The second-order valence-corrected chi connectivity index (χ2v) is 10.1. The molecule has 1 fully saturated rings. The van der Waals surface area contributed by atoms with Gasteiger partial charge in [0.1, 0.15) is 5.69 Å². The molecule has 0 spiro atoms. The molecule has 1 aromatic heterocycles. The highest BCUT2D eigenvalue weighted by molar-refractivity contribution is 7.92. The minimum absolute atomic E-state index is 0.263. The number of hydrogen-bond donors (Lipinski definition) is 1. The Balaban J connectivity index is 1.57. The lowest BCUT2D eigenvalue weighted by Crippen LogP contribution is -2.20. The van der Waals surface area contributed by atoms with Crippen molar-refractivity contribution in [1.29, 1.82) is 0 Å². The first-order chi connectivity index (χ1) is 14.5. The van der Waals surface area contributed by atoms with Gasteiger partial charge in [-0.25, -0.2) is 13.4 Å². The first-order valence-corrected chi connectivity index (χ1v) is 12.3. The van der Waals surface area contributed by atoms with Crippen molar-refractivity contribution in [2.45, 2.75) is 55.8 Å². The third-order valence-corrected chi connectivity index (χ3v) is 7.74. The van der Waals surface area contributed by atoms with Gasteiger partial charge in [0.15, 0.2) is 0 Å². The molecule has 0 saturated heterocycles. The number of benzene rings is 1. The summed E-state index contributed by atoms with van der Waals surface area (Å²) in [5.74, 6) is 0.871. The first-order valence-electron chi connectivity index (χ1n) is 10.8. The van der Waals surface area contributed by atoms with Crippen LogP contribution in [0.1, 0.15) is 54.8 Å². The van der Waals surface area contributed by atoms with Crippen LogP contribution in [0.15, 0.2) is 35.2 Å². The number of aromatic nitrogens is 1. The molecule has 4 rings (SSSR count). The quantitative estimate of drug-likeness (QED) is 0.779. The summed E-state index contributed by atoms with van der Waals surface area (Å²) >= 11 is 0. The number of pyridine rings is 1. The number of methoxy groups -OCH3 is 1. The van der Waals surface area contributed by atoms with Crippen molar-refractivity contribution in [2.75, 3.05) is 32.0 Å². The molecule has 2 heterocycles. The summed E-state index contributed by atoms with van der Waals surface area (Å²) in [5, 5.41) is 0. The summed E-state index contributed by atoms with van der Waals surface area (Å²) in [6, 6.07) is 9.24. The Kier molecular flexibility index (Phi) is 6.29. The Labute approximate surface area is 179 Å². The summed E-state index contributed by atoms with van der Waals surface area (Å²) < 4.78 is 34.2. The Morgan fingerprint density at radius 1 is 1.07 bits per heavy atom. The SMILES string of the molecule is COc1nc2c(cc1NS(=O)(=O)c1ccc(C3CCCCC3)cc1)CCN(C)CC2. The first kappa shape index (κ1) is 21.1. The Hall–Kier alpha value is -2.12. The van der Waals surface area contributed by atoms with Crippen molar-refractivity contribution in [3.8, 4) is 5.88 Å². The molecule has 0 amide bonds. The van der Waals surface area contributed by atoms with Crippen LogP contribution >= 0.6 is 0 Å². The fourth-order valence-corrected chi connectivity index (χ4v) is 5.56. The van der Waals surface area contributed by atoms with Crippen LogP contribution < -0.4 is 9.46 Å². The van der Waals surface area contributed by atoms with E-state index in [1.807, 2.05) is 18.2 Å². The fraction of sp³-hybridized carbons (Fsp3) is 0.522. The van der Waals surface area contributed by atoms with Gasteiger partial charge in [0, 0.05) is 25.2 Å². The molecule has 7 heteroatoms. The lowest BCUT2D eigenvalue weighted by atomic mass is 9.84. The van der Waals surface area contributed by atoms with E-state index in [1.165, 1.54) is 44.8 Å². The van der Waals surface area contributed by atoms with E-state index in [2.05, 4.69) is 21.7 Å². The topological polar surface area (TPSA) is 71.5 Å². The molecule has 0 atom stereocenters. The molecular formula is C23H31N3O3S. The van der Waals surface area contributed by atoms with Crippen molar-refractivity contribution in [2.24, 2.45) is 0 Å². The number of nitrogens with one attached hydrogen (secondary N) is 1. The molecule has 1 N–H and O–H groups in total. The lowest BCUT2D eigenvalue weighted by Gasteiger charge is -2.22. The maximum atomic E-state index is 13.0. The van der Waals surface area contributed by atoms with Crippen LogP contribution in [-0.2, 0) is 22.9 Å². The zero-order chi connectivity index (χ0) is 21.1. The minimum atomic E-state index is -3.72. The molecule has 1 saturated carbocycles. The van der Waals surface area contributed by atoms with Crippen LogP contribution in [-0.4, -0.2) is 45.5 Å². The average Bonchev–Trinajstić information content (AvgIpc) is 2.95. The molecule has 1 aliphatic carbocycles. The molecule has 6 nitrogen and oxygen atoms in total. The van der Waals surface area contributed by atoms with Crippen LogP contribution in [0.5, 0.6) is 5.88 Å². The highest BCUT2D eigenvalue weighted by atomic mass is 32.2. The number of likely N-dealkylation sites (N-methyl/N-ethyl adjacent to an activating group) is 1. The average molecular weight is 430 g/mol. The maximum absolute atomic E-state index is 13.0. The zero-order valence-electron chi connectivity index (χ0n) is 17.9. The van der Waals surface area contributed by atoms with Gasteiger partial charge in [-0.2, -0.15) is 0 Å². The molecule has 0 bridgehead atoms. The van der Waals surface area contributed by atoms with Gasteiger partial charge in [-0.15, -0.1) is 0 Å². The van der Waals surface area contributed by atoms with Crippen LogP contribution in [0, 0.1) is 0 Å². The normalized spacial score (nSPS) is 18.5. The zero-order valence-corrected chi connectivity index (χ0v) is 18.7. The van der Waals surface area contributed by atoms with Crippen LogP contribution in [0.25, 0.3) is 0 Å². The minimum Gasteiger partial charge on any atom is -0.479 e. The Bertz CT molecular complexity index is 983. The summed E-state index contributed by atoms with van der Waals surface area (Å²) in [7, 11) is -0.111. The standard InChI is InChI=1S/C23H31N3O3S/c1-26-14-12-19-16-22(23(29-2)24-21(19)13-15-26)25-30(27,28)20-10-8-18(9-11-20)17-6-4-3-5-7-17/h8-11,16-17,25H,3-7,12-15H2,1-2H3. The molecular weight excluding hydrogens is 398 g/mol. The van der Waals surface area contributed by atoms with Crippen LogP contribution in [0.3, 0.4) is 0 Å². The Morgan fingerprint density at radius 3 is 2.47 bits per heavy atom. The molecule has 30 heavy (non-hydrogen) atoms. The summed E-state index contributed by atoms with van der Waals surface area (Å²) in [6.45, 7) is 1.86. The van der Waals surface area contributed by atoms with E-state index in [4.69, 9.17) is 4.74 Å². The molecule has 2 aliphatic rings. The van der Waals surface area contributed by atoms with Gasteiger partial charge in [-0.3, -0.25) is 4.72 Å². The fourth-order valence-electron chi connectivity index (χ4n) is 4.51. The van der Waals surface area contributed by atoms with Gasteiger partial charge in [0.2, 0.25) is 5.88 Å². The number of ether oxygens (including phenoxy) is 1. The van der Waals surface area contributed by atoms with Crippen molar-refractivity contribution in [3.63, 3.8) is 0 Å². The van der Waals surface area contributed by atoms with E-state index in [9.17, 15) is 8.42 Å². The van der Waals surface area contributed by atoms with Gasteiger partial charge in [-0.05, 0) is 61.6 Å². The molecule has 1 aromatic carbocycles. The molecule has 0 unspecified atom stereocenters. The summed E-state index contributed by atoms with van der Waals surface area (Å²) in [5.41, 5.74) is 3.70. The molecule has 1 aliphatic heterocycles. The Morgan fingerprint density at radius 2 is 1.77 bits per heavy atom. The number of fused-ring (bicyclic) bond motifs is 1. The smallest absolute Gasteiger partial charge is 0.262 e. The number of sulfonamides is 1. The van der Waals surface area contributed by atoms with Crippen molar-refractivity contribution < 1.29 is 13.2 Å². The largest absolute Gasteiger partial charge is 0.479 e. The molecule has 0 radical (unpaired) electrons. The van der Waals surface area contributed by atoms with Crippen LogP contribution in [0.2, 0.25) is 0 Å². The van der Waals surface area contributed by atoms with Crippen LogP contribution in [0.4, 0.5) is 5.69 Å². The predicted octanol–water partition coefficient (Wildman–Crippen LogP) is 3.97. The lowest BCUT2D eigenvalue weighted by molar-refractivity contribution is 0.351. The predicted molar refractivity (Wildman–Crippen MR) is 119 cm³/mol. The van der Waals surface area contributed by atoms with E-state index in [0.29, 0.717) is 17.5 Å². The van der Waals surface area contributed by atoms with Crippen molar-refractivity contribution in [3.05, 3.63) is 47.2 Å². The molecule has 162 valence electrons. The highest BCUT2D eigenvalue weighted by Gasteiger charge is 2.22. The maximum Gasteiger partial charge on any atom is 0.262 e. The third kappa shape index (κ3) is 4.62. The highest BCUT2D eigenvalue weighted by Crippen LogP contribution is 2.33. The van der Waals surface area contributed by atoms with Gasteiger partial charge < -0.3 is 9.64 Å². The number of anilines is 1. The summed E-state index contributed by atoms with van der Waals surface area (Å²) in [6.07, 6.45) is 7.88. The van der Waals surface area contributed by atoms with Gasteiger partial charge in [0.25, 0.3) is 10.0 Å². The summed E-state index contributed by atoms with van der Waals surface area (Å²) in [4.78, 5) is 7.12. The van der Waals surface area contributed by atoms with E-state index >= 15 is 0 Å². The van der Waals surface area contributed by atoms with Gasteiger partial charge in [0.05, 0.1) is 12.0 Å². The van der Waals surface area contributed by atoms with E-state index in [-0.39, 0.29) is 4.90 Å². The second kappa shape index (κ2) is 8.94. The number of rotatable bonds is 5. The second-order valence-electron chi connectivity index (χ2n) is 8.46. The van der Waals surface area contributed by atoms with Gasteiger partial charge >= 0.3 is 0 Å². The van der Waals surface area contributed by atoms with Gasteiger partial charge in [-0.1, -0.05) is 31.4 Å². The number of nitrogens with zero attached hydrogens (tertiary/aromatic N) is 2.